The smallest absolute Gasteiger partial charge is 0.137 e. The summed E-state index contributed by atoms with van der Waals surface area (Å²) in [6.45, 7) is 10.9. The highest BCUT2D eigenvalue weighted by atomic mass is 79.9. The minimum atomic E-state index is 0.0236. The highest BCUT2D eigenvalue weighted by Gasteiger charge is 2.21. The molecule has 0 bridgehead atoms. The first-order valence-corrected chi connectivity index (χ1v) is 11.9. The summed E-state index contributed by atoms with van der Waals surface area (Å²) in [6, 6.07) is 26.8. The predicted octanol–water partition coefficient (Wildman–Crippen LogP) is 9.02. The quantitative estimate of drug-likeness (QED) is 0.273. The molecular weight excluding hydrogens is 472 g/mol. The van der Waals surface area contributed by atoms with Gasteiger partial charge in [0.2, 0.25) is 0 Å². The number of anilines is 3. The zero-order valence-electron chi connectivity index (χ0n) is 19.8. The summed E-state index contributed by atoms with van der Waals surface area (Å²) in [4.78, 5) is 7.02. The van der Waals surface area contributed by atoms with Crippen LogP contribution in [0.3, 0.4) is 0 Å². The summed E-state index contributed by atoms with van der Waals surface area (Å²) in [5.41, 5.74) is 5.72. The van der Waals surface area contributed by atoms with Crippen LogP contribution in [0.25, 0.3) is 0 Å². The minimum Gasteiger partial charge on any atom is -0.457 e. The summed E-state index contributed by atoms with van der Waals surface area (Å²) < 4.78 is 7.19. The third-order valence-corrected chi connectivity index (χ3v) is 6.14. The molecule has 0 aliphatic heterocycles. The Labute approximate surface area is 205 Å². The number of nitrogens with zero attached hydrogens (tertiary/aromatic N) is 2. The molecule has 0 atom stereocenters. The average Bonchev–Trinajstić information content (AvgIpc) is 2.77. The molecule has 4 heteroatoms. The molecule has 0 fully saturated rings. The molecule has 0 unspecified atom stereocenters. The van der Waals surface area contributed by atoms with Crippen molar-refractivity contribution in [1.29, 1.82) is 0 Å². The summed E-state index contributed by atoms with van der Waals surface area (Å²) >= 11 is 3.52. The van der Waals surface area contributed by atoms with Gasteiger partial charge in [-0.2, -0.15) is 0 Å². The van der Waals surface area contributed by atoms with Gasteiger partial charge < -0.3 is 4.74 Å². The van der Waals surface area contributed by atoms with Gasteiger partial charge in [-0.1, -0.05) is 67.0 Å². The normalized spacial score (nSPS) is 11.3. The highest BCUT2D eigenvalue weighted by Crippen LogP contribution is 2.40. The molecule has 1 aromatic heterocycles. The Morgan fingerprint density at radius 3 is 2.21 bits per heavy atom. The van der Waals surface area contributed by atoms with Crippen LogP contribution in [-0.4, -0.2) is 4.98 Å². The number of para-hydroxylation sites is 1. The minimum absolute atomic E-state index is 0.0236. The zero-order valence-corrected chi connectivity index (χ0v) is 21.3. The molecule has 4 aromatic rings. The second-order valence-corrected chi connectivity index (χ2v) is 10.2. The van der Waals surface area contributed by atoms with Crippen LogP contribution in [0.1, 0.15) is 37.5 Å². The van der Waals surface area contributed by atoms with Crippen LogP contribution in [0.15, 0.2) is 89.5 Å². The van der Waals surface area contributed by atoms with Gasteiger partial charge in [0.05, 0.1) is 11.4 Å². The van der Waals surface area contributed by atoms with E-state index in [1.54, 1.807) is 0 Å². The van der Waals surface area contributed by atoms with Crippen LogP contribution >= 0.6 is 15.9 Å². The standard InChI is InChI=1S/C29H29BrN2O/c1-20-9-6-7-12-26(20)32(28-17-22(15-16-31-28)29(3,4)5)27-19-25(14-13-21(27)2)33-24-11-8-10-23(30)18-24/h6-19H,1-5H3. The number of aromatic nitrogens is 1. The van der Waals surface area contributed by atoms with E-state index in [0.717, 1.165) is 38.7 Å². The van der Waals surface area contributed by atoms with Gasteiger partial charge in [0.15, 0.2) is 0 Å². The van der Waals surface area contributed by atoms with Gasteiger partial charge >= 0.3 is 0 Å². The maximum atomic E-state index is 6.21. The Kier molecular flexibility index (Phi) is 6.57. The lowest BCUT2D eigenvalue weighted by atomic mass is 9.87. The lowest BCUT2D eigenvalue weighted by Gasteiger charge is -2.29. The number of halogens is 1. The lowest BCUT2D eigenvalue weighted by molar-refractivity contribution is 0.482. The van der Waals surface area contributed by atoms with Crippen molar-refractivity contribution in [3.05, 3.63) is 106 Å². The lowest BCUT2D eigenvalue weighted by Crippen LogP contribution is -2.17. The van der Waals surface area contributed by atoms with E-state index in [2.05, 4.69) is 104 Å². The first-order valence-electron chi connectivity index (χ1n) is 11.1. The van der Waals surface area contributed by atoms with E-state index in [1.165, 1.54) is 11.1 Å². The van der Waals surface area contributed by atoms with Crippen molar-refractivity contribution in [2.45, 2.75) is 40.0 Å². The van der Waals surface area contributed by atoms with Crippen molar-refractivity contribution < 1.29 is 4.74 Å². The van der Waals surface area contributed by atoms with Crippen LogP contribution in [0.2, 0.25) is 0 Å². The molecule has 0 amide bonds. The van der Waals surface area contributed by atoms with Gasteiger partial charge in [-0.15, -0.1) is 0 Å². The number of pyridine rings is 1. The molecule has 0 aliphatic carbocycles. The first kappa shape index (κ1) is 23.1. The number of aryl methyl sites for hydroxylation is 2. The second kappa shape index (κ2) is 9.40. The molecule has 0 N–H and O–H groups in total. The Hall–Kier alpha value is -3.11. The first-order chi connectivity index (χ1) is 15.7. The van der Waals surface area contributed by atoms with E-state index in [1.807, 2.05) is 36.5 Å². The molecule has 33 heavy (non-hydrogen) atoms. The fraction of sp³-hybridized carbons (Fsp3) is 0.207. The maximum Gasteiger partial charge on any atom is 0.137 e. The fourth-order valence-corrected chi connectivity index (χ4v) is 4.14. The van der Waals surface area contributed by atoms with Gasteiger partial charge in [-0.25, -0.2) is 4.98 Å². The predicted molar refractivity (Wildman–Crippen MR) is 141 cm³/mol. The summed E-state index contributed by atoms with van der Waals surface area (Å²) in [7, 11) is 0. The topological polar surface area (TPSA) is 25.4 Å². The third kappa shape index (κ3) is 5.28. The molecule has 3 aromatic carbocycles. The highest BCUT2D eigenvalue weighted by molar-refractivity contribution is 9.10. The third-order valence-electron chi connectivity index (χ3n) is 5.65. The number of hydrogen-bond acceptors (Lipinski definition) is 3. The fourth-order valence-electron chi connectivity index (χ4n) is 3.76. The van der Waals surface area contributed by atoms with Gasteiger partial charge in [-0.05, 0) is 78.4 Å². The molecule has 0 aliphatic rings. The summed E-state index contributed by atoms with van der Waals surface area (Å²) in [6.07, 6.45) is 1.90. The molecule has 0 spiro atoms. The van der Waals surface area contributed by atoms with Crippen molar-refractivity contribution in [3.8, 4) is 11.5 Å². The van der Waals surface area contributed by atoms with E-state index in [-0.39, 0.29) is 5.41 Å². The number of hydrogen-bond donors (Lipinski definition) is 0. The number of rotatable bonds is 5. The van der Waals surface area contributed by atoms with Crippen molar-refractivity contribution in [3.63, 3.8) is 0 Å². The van der Waals surface area contributed by atoms with E-state index in [9.17, 15) is 0 Å². The number of benzene rings is 3. The summed E-state index contributed by atoms with van der Waals surface area (Å²) in [5.74, 6) is 2.45. The molecule has 0 saturated carbocycles. The van der Waals surface area contributed by atoms with Crippen molar-refractivity contribution >= 4 is 33.1 Å². The second-order valence-electron chi connectivity index (χ2n) is 9.28. The molecular formula is C29H29BrN2O. The Morgan fingerprint density at radius 2 is 1.48 bits per heavy atom. The Balaban J connectivity index is 1.86. The van der Waals surface area contributed by atoms with Crippen molar-refractivity contribution in [2.75, 3.05) is 4.90 Å². The van der Waals surface area contributed by atoms with Gasteiger partial charge in [0.1, 0.15) is 17.3 Å². The van der Waals surface area contributed by atoms with Crippen LogP contribution in [0.4, 0.5) is 17.2 Å². The van der Waals surface area contributed by atoms with Crippen LogP contribution in [0, 0.1) is 13.8 Å². The number of ether oxygens (including phenoxy) is 1. The van der Waals surface area contributed by atoms with E-state index < -0.39 is 0 Å². The molecule has 168 valence electrons. The van der Waals surface area contributed by atoms with Crippen LogP contribution in [0.5, 0.6) is 11.5 Å². The van der Waals surface area contributed by atoms with Gasteiger partial charge in [0, 0.05) is 16.7 Å². The monoisotopic (exact) mass is 500 g/mol. The summed E-state index contributed by atoms with van der Waals surface area (Å²) in [5, 5.41) is 0. The largest absolute Gasteiger partial charge is 0.457 e. The van der Waals surface area contributed by atoms with Crippen LogP contribution in [-0.2, 0) is 5.41 Å². The van der Waals surface area contributed by atoms with Crippen molar-refractivity contribution in [1.82, 2.24) is 4.98 Å². The molecule has 0 radical (unpaired) electrons. The van der Waals surface area contributed by atoms with Crippen LogP contribution < -0.4 is 9.64 Å². The molecule has 4 rings (SSSR count). The van der Waals surface area contributed by atoms with E-state index in [0.29, 0.717) is 0 Å². The van der Waals surface area contributed by atoms with Gasteiger partial charge in [-0.3, -0.25) is 4.90 Å². The zero-order chi connectivity index (χ0) is 23.6. The van der Waals surface area contributed by atoms with E-state index >= 15 is 0 Å². The molecule has 0 saturated heterocycles. The molecule has 3 nitrogen and oxygen atoms in total. The van der Waals surface area contributed by atoms with Crippen molar-refractivity contribution in [2.24, 2.45) is 0 Å². The SMILES string of the molecule is Cc1ccccc1N(c1cc(C(C)(C)C)ccn1)c1cc(Oc2cccc(Br)c2)ccc1C. The van der Waals surface area contributed by atoms with E-state index in [4.69, 9.17) is 9.72 Å². The Morgan fingerprint density at radius 1 is 0.758 bits per heavy atom. The molecule has 1 heterocycles. The van der Waals surface area contributed by atoms with Gasteiger partial charge in [0.25, 0.3) is 0 Å². The Bertz CT molecular complexity index is 1280. The average molecular weight is 501 g/mol. The maximum absolute atomic E-state index is 6.21.